The Labute approximate surface area is 136 Å². The summed E-state index contributed by atoms with van der Waals surface area (Å²) >= 11 is 3.56. The third-order valence-electron chi connectivity index (χ3n) is 4.17. The number of hydrogen-bond acceptors (Lipinski definition) is 4. The fourth-order valence-corrected chi connectivity index (χ4v) is 3.50. The molecule has 0 fully saturated rings. The Hall–Kier alpha value is -2.01. The standard InChI is InChI=1S/C17H14BrNO3/c1-17(16(20)11-4-2-3-5-13(11)19-17)8-10-6-14-15(7-12(10)18)22-9-21-14/h2-7,19H,8-9H2,1H3. The number of ether oxygens (including phenoxy) is 2. The van der Waals surface area contributed by atoms with Crippen LogP contribution in [0.1, 0.15) is 22.8 Å². The van der Waals surface area contributed by atoms with Crippen LogP contribution in [0.2, 0.25) is 0 Å². The summed E-state index contributed by atoms with van der Waals surface area (Å²) in [4.78, 5) is 12.7. The number of halogens is 1. The lowest BCUT2D eigenvalue weighted by atomic mass is 9.88. The van der Waals surface area contributed by atoms with Crippen LogP contribution in [0.3, 0.4) is 0 Å². The first-order valence-corrected chi connectivity index (χ1v) is 7.86. The van der Waals surface area contributed by atoms with Gasteiger partial charge in [-0.1, -0.05) is 28.1 Å². The van der Waals surface area contributed by atoms with Crippen molar-refractivity contribution < 1.29 is 14.3 Å². The van der Waals surface area contributed by atoms with Crippen LogP contribution in [0, 0.1) is 0 Å². The van der Waals surface area contributed by atoms with Gasteiger partial charge in [0.25, 0.3) is 0 Å². The molecule has 0 amide bonds. The molecule has 0 bridgehead atoms. The van der Waals surface area contributed by atoms with E-state index in [4.69, 9.17) is 9.47 Å². The molecule has 2 aromatic rings. The Morgan fingerprint density at radius 3 is 2.73 bits per heavy atom. The summed E-state index contributed by atoms with van der Waals surface area (Å²) in [5.74, 6) is 1.58. The average molecular weight is 360 g/mol. The van der Waals surface area contributed by atoms with Crippen molar-refractivity contribution in [1.82, 2.24) is 0 Å². The molecule has 2 aromatic carbocycles. The van der Waals surface area contributed by atoms with Crippen molar-refractivity contribution >= 4 is 27.4 Å². The van der Waals surface area contributed by atoms with Crippen LogP contribution in [0.25, 0.3) is 0 Å². The number of ketones is 1. The molecule has 0 aliphatic carbocycles. The van der Waals surface area contributed by atoms with Crippen molar-refractivity contribution in [1.29, 1.82) is 0 Å². The van der Waals surface area contributed by atoms with Gasteiger partial charge in [0.1, 0.15) is 5.54 Å². The molecule has 0 radical (unpaired) electrons. The van der Waals surface area contributed by atoms with Gasteiger partial charge in [-0.15, -0.1) is 0 Å². The largest absolute Gasteiger partial charge is 0.454 e. The molecule has 1 unspecified atom stereocenters. The zero-order valence-corrected chi connectivity index (χ0v) is 13.6. The fourth-order valence-electron chi connectivity index (χ4n) is 3.04. The van der Waals surface area contributed by atoms with E-state index in [1.54, 1.807) is 0 Å². The van der Waals surface area contributed by atoms with Gasteiger partial charge in [-0.3, -0.25) is 4.79 Å². The van der Waals surface area contributed by atoms with Crippen LogP contribution >= 0.6 is 15.9 Å². The number of hydrogen-bond donors (Lipinski definition) is 1. The molecule has 5 heteroatoms. The minimum Gasteiger partial charge on any atom is -0.454 e. The number of Topliss-reactive ketones (excluding diaryl/α,β-unsaturated/α-hetero) is 1. The van der Waals surface area contributed by atoms with Crippen molar-refractivity contribution in [3.63, 3.8) is 0 Å². The SMILES string of the molecule is CC1(Cc2cc3c(cc2Br)OCO3)Nc2ccccc2C1=O. The molecular weight excluding hydrogens is 346 g/mol. The molecule has 2 aliphatic rings. The molecule has 0 aromatic heterocycles. The first kappa shape index (κ1) is 13.6. The van der Waals surface area contributed by atoms with E-state index in [-0.39, 0.29) is 12.6 Å². The third-order valence-corrected chi connectivity index (χ3v) is 4.91. The summed E-state index contributed by atoms with van der Waals surface area (Å²) in [7, 11) is 0. The molecule has 4 rings (SSSR count). The van der Waals surface area contributed by atoms with Crippen LogP contribution in [0.5, 0.6) is 11.5 Å². The summed E-state index contributed by atoms with van der Waals surface area (Å²) in [5, 5.41) is 3.36. The van der Waals surface area contributed by atoms with Gasteiger partial charge in [-0.05, 0) is 36.8 Å². The number of rotatable bonds is 2. The smallest absolute Gasteiger partial charge is 0.231 e. The van der Waals surface area contributed by atoms with E-state index < -0.39 is 5.54 Å². The lowest BCUT2D eigenvalue weighted by Gasteiger charge is -2.24. The highest BCUT2D eigenvalue weighted by atomic mass is 79.9. The molecule has 4 nitrogen and oxygen atoms in total. The molecule has 1 N–H and O–H groups in total. The maximum Gasteiger partial charge on any atom is 0.231 e. The van der Waals surface area contributed by atoms with E-state index in [0.29, 0.717) is 6.42 Å². The van der Waals surface area contributed by atoms with Crippen molar-refractivity contribution in [3.8, 4) is 11.5 Å². The normalized spacial score (nSPS) is 21.6. The maximum atomic E-state index is 12.7. The van der Waals surface area contributed by atoms with Crippen molar-refractivity contribution in [3.05, 3.63) is 52.0 Å². The third kappa shape index (κ3) is 2.00. The summed E-state index contributed by atoms with van der Waals surface area (Å²) in [6.45, 7) is 2.18. The lowest BCUT2D eigenvalue weighted by Crippen LogP contribution is -2.40. The average Bonchev–Trinajstić information content (AvgIpc) is 3.03. The van der Waals surface area contributed by atoms with Crippen molar-refractivity contribution in [2.75, 3.05) is 12.1 Å². The highest BCUT2D eigenvalue weighted by Crippen LogP contribution is 2.40. The molecule has 22 heavy (non-hydrogen) atoms. The summed E-state index contributed by atoms with van der Waals surface area (Å²) < 4.78 is 11.7. The first-order chi connectivity index (χ1) is 10.6. The Morgan fingerprint density at radius 1 is 1.23 bits per heavy atom. The Kier molecular flexibility index (Phi) is 2.94. The van der Waals surface area contributed by atoms with Crippen LogP contribution < -0.4 is 14.8 Å². The molecule has 0 saturated heterocycles. The van der Waals surface area contributed by atoms with Crippen LogP contribution in [0.4, 0.5) is 5.69 Å². The van der Waals surface area contributed by atoms with Crippen LogP contribution in [0.15, 0.2) is 40.9 Å². The first-order valence-electron chi connectivity index (χ1n) is 7.07. The summed E-state index contributed by atoms with van der Waals surface area (Å²) in [5.41, 5.74) is 2.01. The van der Waals surface area contributed by atoms with E-state index >= 15 is 0 Å². The van der Waals surface area contributed by atoms with Gasteiger partial charge < -0.3 is 14.8 Å². The molecule has 0 saturated carbocycles. The quantitative estimate of drug-likeness (QED) is 0.885. The lowest BCUT2D eigenvalue weighted by molar-refractivity contribution is 0.0929. The number of benzene rings is 2. The highest BCUT2D eigenvalue weighted by Gasteiger charge is 2.41. The second kappa shape index (κ2) is 4.74. The molecular formula is C17H14BrNO3. The van der Waals surface area contributed by atoms with Crippen LogP contribution in [-0.4, -0.2) is 18.1 Å². The molecule has 2 heterocycles. The number of nitrogens with one attached hydrogen (secondary N) is 1. The zero-order valence-electron chi connectivity index (χ0n) is 12.0. The van der Waals surface area contributed by atoms with Gasteiger partial charge in [-0.25, -0.2) is 0 Å². The number of para-hydroxylation sites is 1. The zero-order chi connectivity index (χ0) is 15.3. The molecule has 112 valence electrons. The Bertz CT molecular complexity index is 789. The van der Waals surface area contributed by atoms with Gasteiger partial charge in [0.2, 0.25) is 6.79 Å². The topological polar surface area (TPSA) is 47.6 Å². The minimum absolute atomic E-state index is 0.118. The van der Waals surface area contributed by atoms with Gasteiger partial charge in [0, 0.05) is 22.1 Å². The van der Waals surface area contributed by atoms with Gasteiger partial charge in [0.15, 0.2) is 17.3 Å². The number of fused-ring (bicyclic) bond motifs is 2. The molecule has 1 atom stereocenters. The summed E-state index contributed by atoms with van der Waals surface area (Å²) in [6, 6.07) is 11.5. The predicted octanol–water partition coefficient (Wildman–Crippen LogP) is 3.79. The molecule has 2 aliphatic heterocycles. The van der Waals surface area contributed by atoms with Gasteiger partial charge in [-0.2, -0.15) is 0 Å². The molecule has 0 spiro atoms. The predicted molar refractivity (Wildman–Crippen MR) is 86.8 cm³/mol. The van der Waals surface area contributed by atoms with Gasteiger partial charge >= 0.3 is 0 Å². The Balaban J connectivity index is 1.69. The fraction of sp³-hybridized carbons (Fsp3) is 0.235. The van der Waals surface area contributed by atoms with Crippen LogP contribution in [-0.2, 0) is 6.42 Å². The van der Waals surface area contributed by atoms with E-state index in [2.05, 4.69) is 21.2 Å². The monoisotopic (exact) mass is 359 g/mol. The van der Waals surface area contributed by atoms with E-state index in [1.165, 1.54) is 0 Å². The second-order valence-corrected chi connectivity index (χ2v) is 6.66. The number of anilines is 1. The van der Waals surface area contributed by atoms with E-state index in [9.17, 15) is 4.79 Å². The Morgan fingerprint density at radius 2 is 1.95 bits per heavy atom. The van der Waals surface area contributed by atoms with Crippen molar-refractivity contribution in [2.45, 2.75) is 18.9 Å². The summed E-state index contributed by atoms with van der Waals surface area (Å²) in [6.07, 6.45) is 0.567. The van der Waals surface area contributed by atoms with Crippen molar-refractivity contribution in [2.24, 2.45) is 0 Å². The highest BCUT2D eigenvalue weighted by molar-refractivity contribution is 9.10. The second-order valence-electron chi connectivity index (χ2n) is 5.81. The minimum atomic E-state index is -0.653. The number of carbonyl (C=O) groups excluding carboxylic acids is 1. The van der Waals surface area contributed by atoms with E-state index in [1.807, 2.05) is 43.3 Å². The van der Waals surface area contributed by atoms with Gasteiger partial charge in [0.05, 0.1) is 0 Å². The van der Waals surface area contributed by atoms with E-state index in [0.717, 1.165) is 32.8 Å². The number of carbonyl (C=O) groups is 1. The maximum absolute atomic E-state index is 12.7.